The molecule has 0 aliphatic carbocycles. The minimum Gasteiger partial charge on any atom is -0.449 e. The Morgan fingerprint density at radius 2 is 1.59 bits per heavy atom. The molecule has 0 unspecified atom stereocenters. The Labute approximate surface area is 160 Å². The molecule has 0 spiro atoms. The van der Waals surface area contributed by atoms with Gasteiger partial charge < -0.3 is 9.64 Å². The van der Waals surface area contributed by atoms with Gasteiger partial charge in [0, 0.05) is 12.1 Å². The van der Waals surface area contributed by atoms with Crippen LogP contribution >= 0.6 is 0 Å². The van der Waals surface area contributed by atoms with Gasteiger partial charge in [-0.15, -0.1) is 0 Å². The Kier molecular flexibility index (Phi) is 7.98. The molecule has 0 aliphatic rings. The fraction of sp³-hybridized carbons (Fsp3) is 0.526. The molecule has 7 nitrogen and oxygen atoms in total. The van der Waals surface area contributed by atoms with Crippen molar-refractivity contribution in [2.24, 2.45) is 0 Å². The number of ether oxygens (including phenoxy) is 1. The molecule has 0 N–H and O–H groups in total. The Bertz CT molecular complexity index is 799. The highest BCUT2D eigenvalue weighted by atomic mass is 32.2. The van der Waals surface area contributed by atoms with Crippen LogP contribution in [0.4, 0.5) is 0 Å². The first-order valence-electron chi connectivity index (χ1n) is 8.68. The number of esters is 1. The highest BCUT2D eigenvalue weighted by Crippen LogP contribution is 2.13. The van der Waals surface area contributed by atoms with Gasteiger partial charge in [-0.05, 0) is 52.3 Å². The molecule has 0 saturated heterocycles. The van der Waals surface area contributed by atoms with Crippen molar-refractivity contribution in [3.05, 3.63) is 35.4 Å². The van der Waals surface area contributed by atoms with Gasteiger partial charge in [0.25, 0.3) is 5.91 Å². The summed E-state index contributed by atoms with van der Waals surface area (Å²) in [5.41, 5.74) is 0.688. The monoisotopic (exact) mass is 394 g/mol. The molecule has 0 bridgehead atoms. The zero-order valence-electron chi connectivity index (χ0n) is 16.3. The van der Waals surface area contributed by atoms with Gasteiger partial charge in [0.15, 0.2) is 15.9 Å². The molecule has 0 heterocycles. The molecular weight excluding hydrogens is 368 g/mol. The number of benzene rings is 1. The van der Waals surface area contributed by atoms with Gasteiger partial charge in [-0.1, -0.05) is 12.1 Å². The number of hydrogen-bond donors (Lipinski definition) is 0. The summed E-state index contributed by atoms with van der Waals surface area (Å²) in [6.07, 6.45) is -0.932. The number of amides is 1. The lowest BCUT2D eigenvalue weighted by Gasteiger charge is -2.32. The fourth-order valence-electron chi connectivity index (χ4n) is 2.73. The zero-order chi connectivity index (χ0) is 20.8. The van der Waals surface area contributed by atoms with E-state index in [4.69, 9.17) is 10.00 Å². The van der Waals surface area contributed by atoms with Crippen LogP contribution in [0.15, 0.2) is 24.3 Å². The van der Waals surface area contributed by atoms with E-state index >= 15 is 0 Å². The first-order valence-corrected chi connectivity index (χ1v) is 10.5. The Balaban J connectivity index is 2.80. The van der Waals surface area contributed by atoms with Crippen molar-refractivity contribution < 1.29 is 22.7 Å². The lowest BCUT2D eigenvalue weighted by atomic mass is 10.1. The SMILES string of the molecule is CC(C)N(C(=O)[C@H](C)OC(=O)c1ccc(CS(=O)(=O)CC#N)cc1)C(C)C. The topological polar surface area (TPSA) is 105 Å². The minimum atomic E-state index is -3.50. The molecule has 0 fully saturated rings. The molecule has 1 aromatic rings. The summed E-state index contributed by atoms with van der Waals surface area (Å²) in [6, 6.07) is 7.45. The first kappa shape index (κ1) is 22.6. The smallest absolute Gasteiger partial charge is 0.338 e. The molecule has 1 aromatic carbocycles. The summed E-state index contributed by atoms with van der Waals surface area (Å²) in [5, 5.41) is 8.51. The number of carbonyl (C=O) groups excluding carboxylic acids is 2. The van der Waals surface area contributed by atoms with Crippen LogP contribution in [0.3, 0.4) is 0 Å². The second-order valence-corrected chi connectivity index (χ2v) is 8.93. The van der Waals surface area contributed by atoms with Crippen LogP contribution in [-0.2, 0) is 25.1 Å². The Hall–Kier alpha value is -2.40. The van der Waals surface area contributed by atoms with Crippen LogP contribution < -0.4 is 0 Å². The lowest BCUT2D eigenvalue weighted by Crippen LogP contribution is -2.47. The highest BCUT2D eigenvalue weighted by Gasteiger charge is 2.28. The number of sulfone groups is 1. The van der Waals surface area contributed by atoms with Gasteiger partial charge >= 0.3 is 5.97 Å². The highest BCUT2D eigenvalue weighted by molar-refractivity contribution is 7.90. The summed E-state index contributed by atoms with van der Waals surface area (Å²) < 4.78 is 28.6. The minimum absolute atomic E-state index is 0.0201. The molecule has 27 heavy (non-hydrogen) atoms. The van der Waals surface area contributed by atoms with Crippen LogP contribution in [0.1, 0.15) is 50.5 Å². The van der Waals surface area contributed by atoms with Gasteiger partial charge in [0.1, 0.15) is 5.75 Å². The average molecular weight is 394 g/mol. The predicted molar refractivity (Wildman–Crippen MR) is 102 cm³/mol. The molecular formula is C19H26N2O5S. The molecule has 1 amide bonds. The van der Waals surface area contributed by atoms with Crippen molar-refractivity contribution in [3.8, 4) is 6.07 Å². The van der Waals surface area contributed by atoms with Crippen molar-refractivity contribution in [1.82, 2.24) is 4.90 Å². The largest absolute Gasteiger partial charge is 0.449 e. The van der Waals surface area contributed by atoms with Gasteiger partial charge in [0.05, 0.1) is 17.4 Å². The summed E-state index contributed by atoms with van der Waals surface area (Å²) in [4.78, 5) is 26.4. The maximum Gasteiger partial charge on any atom is 0.338 e. The van der Waals surface area contributed by atoms with E-state index in [1.54, 1.807) is 11.0 Å². The molecule has 0 aromatic heterocycles. The lowest BCUT2D eigenvalue weighted by molar-refractivity contribution is -0.143. The van der Waals surface area contributed by atoms with Crippen molar-refractivity contribution >= 4 is 21.7 Å². The molecule has 1 rings (SSSR count). The normalized spacial score (nSPS) is 12.5. The van der Waals surface area contributed by atoms with E-state index in [-0.39, 0.29) is 29.3 Å². The molecule has 0 saturated carbocycles. The average Bonchev–Trinajstić information content (AvgIpc) is 2.54. The third kappa shape index (κ3) is 6.68. The van der Waals surface area contributed by atoms with Gasteiger partial charge in [-0.2, -0.15) is 5.26 Å². The van der Waals surface area contributed by atoms with Crippen LogP contribution in [-0.4, -0.2) is 49.1 Å². The summed E-state index contributed by atoms with van der Waals surface area (Å²) in [5.74, 6) is -1.76. The van der Waals surface area contributed by atoms with E-state index in [0.29, 0.717) is 5.56 Å². The van der Waals surface area contributed by atoms with Crippen molar-refractivity contribution in [1.29, 1.82) is 5.26 Å². The third-order valence-electron chi connectivity index (χ3n) is 3.86. The van der Waals surface area contributed by atoms with E-state index in [1.807, 2.05) is 27.7 Å². The molecule has 148 valence electrons. The van der Waals surface area contributed by atoms with Gasteiger partial charge in [0.2, 0.25) is 0 Å². The van der Waals surface area contributed by atoms with Gasteiger partial charge in [-0.25, -0.2) is 13.2 Å². The van der Waals surface area contributed by atoms with Crippen LogP contribution in [0.2, 0.25) is 0 Å². The number of rotatable bonds is 8. The van der Waals surface area contributed by atoms with E-state index < -0.39 is 27.7 Å². The maximum atomic E-state index is 12.5. The number of hydrogen-bond acceptors (Lipinski definition) is 6. The van der Waals surface area contributed by atoms with E-state index in [9.17, 15) is 18.0 Å². The summed E-state index contributed by atoms with van der Waals surface area (Å²) in [7, 11) is -3.50. The Morgan fingerprint density at radius 1 is 1.07 bits per heavy atom. The number of nitriles is 1. The van der Waals surface area contributed by atoms with Crippen molar-refractivity contribution in [2.75, 3.05) is 5.75 Å². The molecule has 0 aliphatic heterocycles. The second-order valence-electron chi connectivity index (χ2n) is 6.87. The van der Waals surface area contributed by atoms with Crippen molar-refractivity contribution in [3.63, 3.8) is 0 Å². The first-order chi connectivity index (χ1) is 12.5. The van der Waals surface area contributed by atoms with E-state index in [2.05, 4.69) is 0 Å². The quantitative estimate of drug-likeness (QED) is 0.627. The molecule has 1 atom stereocenters. The standard InChI is InChI=1S/C19H26N2O5S/c1-13(2)21(14(3)4)18(22)15(5)26-19(23)17-8-6-16(7-9-17)12-27(24,25)11-10-20/h6-9,13-15H,11-12H2,1-5H3/t15-/m0/s1. The zero-order valence-corrected chi connectivity index (χ0v) is 17.1. The van der Waals surface area contributed by atoms with E-state index in [0.717, 1.165) is 0 Å². The summed E-state index contributed by atoms with van der Waals surface area (Å²) in [6.45, 7) is 9.11. The number of carbonyl (C=O) groups is 2. The predicted octanol–water partition coefficient (Wildman–Crippen LogP) is 2.32. The van der Waals surface area contributed by atoms with Crippen LogP contribution in [0, 0.1) is 11.3 Å². The second kappa shape index (κ2) is 9.51. The van der Waals surface area contributed by atoms with Gasteiger partial charge in [-0.3, -0.25) is 4.79 Å². The van der Waals surface area contributed by atoms with Crippen LogP contribution in [0.25, 0.3) is 0 Å². The molecule has 0 radical (unpaired) electrons. The van der Waals surface area contributed by atoms with E-state index in [1.165, 1.54) is 31.2 Å². The Morgan fingerprint density at radius 3 is 2.04 bits per heavy atom. The maximum absolute atomic E-state index is 12.5. The number of nitrogens with zero attached hydrogens (tertiary/aromatic N) is 2. The van der Waals surface area contributed by atoms with Crippen LogP contribution in [0.5, 0.6) is 0 Å². The summed E-state index contributed by atoms with van der Waals surface area (Å²) >= 11 is 0. The fourth-order valence-corrected chi connectivity index (χ4v) is 3.73. The molecule has 8 heteroatoms. The van der Waals surface area contributed by atoms with Crippen molar-refractivity contribution in [2.45, 2.75) is 58.6 Å². The third-order valence-corrected chi connectivity index (χ3v) is 5.20.